The number of aromatic hydroxyl groups is 1. The summed E-state index contributed by atoms with van der Waals surface area (Å²) in [5.74, 6) is 0.464. The van der Waals surface area contributed by atoms with E-state index in [2.05, 4.69) is 38.7 Å². The highest BCUT2D eigenvalue weighted by Gasteiger charge is 2.56. The summed E-state index contributed by atoms with van der Waals surface area (Å²) in [7, 11) is 1.78. The van der Waals surface area contributed by atoms with E-state index in [-0.39, 0.29) is 16.9 Å². The second-order valence-electron chi connectivity index (χ2n) is 7.87. The Morgan fingerprint density at radius 1 is 1.36 bits per heavy atom. The van der Waals surface area contributed by atoms with E-state index in [0.717, 1.165) is 31.5 Å². The van der Waals surface area contributed by atoms with E-state index in [1.165, 1.54) is 5.56 Å². The van der Waals surface area contributed by atoms with Gasteiger partial charge in [0.2, 0.25) is 0 Å². The molecular weight excluding hydrogens is 274 g/mol. The van der Waals surface area contributed by atoms with Crippen molar-refractivity contribution >= 4 is 0 Å². The van der Waals surface area contributed by atoms with Gasteiger partial charge in [0.1, 0.15) is 5.75 Å². The first-order valence-electron chi connectivity index (χ1n) is 8.39. The van der Waals surface area contributed by atoms with Gasteiger partial charge in [-0.3, -0.25) is 4.90 Å². The first-order chi connectivity index (χ1) is 10.3. The summed E-state index contributed by atoms with van der Waals surface area (Å²) in [5, 5.41) is 10.4. The van der Waals surface area contributed by atoms with Crippen LogP contribution in [0.15, 0.2) is 18.2 Å². The Balaban J connectivity index is 2.04. The predicted octanol–water partition coefficient (Wildman–Crippen LogP) is 3.34. The van der Waals surface area contributed by atoms with Crippen molar-refractivity contribution in [2.45, 2.75) is 58.1 Å². The highest BCUT2D eigenvalue weighted by molar-refractivity contribution is 5.48. The molecular formula is C19H29NO2. The molecule has 3 nitrogen and oxygen atoms in total. The fraction of sp³-hybridized carbons (Fsp3) is 0.684. The number of ether oxygens (including phenoxy) is 1. The molecule has 0 spiro atoms. The average Bonchev–Trinajstić information content (AvgIpc) is 2.46. The van der Waals surface area contributed by atoms with Crippen molar-refractivity contribution in [3.05, 3.63) is 29.3 Å². The maximum atomic E-state index is 10.4. The van der Waals surface area contributed by atoms with E-state index in [4.69, 9.17) is 4.74 Å². The Morgan fingerprint density at radius 2 is 2.09 bits per heavy atom. The molecule has 0 amide bonds. The average molecular weight is 303 g/mol. The minimum atomic E-state index is 0.122. The van der Waals surface area contributed by atoms with Gasteiger partial charge in [0.05, 0.1) is 6.10 Å². The summed E-state index contributed by atoms with van der Waals surface area (Å²) in [5.41, 5.74) is 2.81. The minimum Gasteiger partial charge on any atom is -0.508 e. The van der Waals surface area contributed by atoms with Crippen LogP contribution < -0.4 is 0 Å². The van der Waals surface area contributed by atoms with Crippen molar-refractivity contribution < 1.29 is 9.84 Å². The lowest BCUT2D eigenvalue weighted by Gasteiger charge is -2.61. The fourth-order valence-electron chi connectivity index (χ4n) is 4.66. The molecule has 1 aliphatic heterocycles. The van der Waals surface area contributed by atoms with Crippen molar-refractivity contribution in [1.82, 2.24) is 4.90 Å². The molecule has 3 heteroatoms. The number of nitrogens with zero attached hydrogens (tertiary/aromatic N) is 1. The maximum absolute atomic E-state index is 10.4. The Hall–Kier alpha value is -1.06. The number of phenols is 1. The van der Waals surface area contributed by atoms with Gasteiger partial charge in [0.15, 0.2) is 0 Å². The first kappa shape index (κ1) is 15.8. The molecule has 3 rings (SSSR count). The lowest BCUT2D eigenvalue weighted by atomic mass is 9.51. The Labute approximate surface area is 134 Å². The molecule has 0 saturated carbocycles. The number of rotatable bonds is 3. The van der Waals surface area contributed by atoms with E-state index in [9.17, 15) is 5.11 Å². The van der Waals surface area contributed by atoms with E-state index in [1.807, 2.05) is 12.1 Å². The zero-order valence-corrected chi connectivity index (χ0v) is 14.5. The van der Waals surface area contributed by atoms with Crippen LogP contribution in [0, 0.1) is 5.41 Å². The molecule has 0 aromatic heterocycles. The van der Waals surface area contributed by atoms with Crippen LogP contribution in [0.25, 0.3) is 0 Å². The number of methoxy groups -OCH3 is 1. The summed E-state index contributed by atoms with van der Waals surface area (Å²) in [6, 6.07) is 6.50. The van der Waals surface area contributed by atoms with E-state index in [0.29, 0.717) is 11.8 Å². The van der Waals surface area contributed by atoms with Crippen molar-refractivity contribution in [2.24, 2.45) is 5.41 Å². The van der Waals surface area contributed by atoms with Gasteiger partial charge in [-0.25, -0.2) is 0 Å². The number of hydrogen-bond acceptors (Lipinski definition) is 3. The molecule has 1 heterocycles. The number of likely N-dealkylation sites (tertiary alicyclic amines) is 1. The SMILES string of the molecule is CO[C@H](C)CN1CCC2(C)c3cccc(O)c3C[C@@H]1C2(C)C. The van der Waals surface area contributed by atoms with Crippen LogP contribution in [0.4, 0.5) is 0 Å². The quantitative estimate of drug-likeness (QED) is 0.929. The highest BCUT2D eigenvalue weighted by Crippen LogP contribution is 2.57. The number of fused-ring (bicyclic) bond motifs is 4. The standard InChI is InChI=1S/C19H29NO2/c1-13(22-5)12-20-10-9-19(4)15-7-6-8-16(21)14(15)11-17(20)18(19,2)3/h6-8,13,17,21H,9-12H2,1-5H3/t13-,17-,19?/m1/s1. The molecule has 22 heavy (non-hydrogen) atoms. The van der Waals surface area contributed by atoms with Gasteiger partial charge in [-0.1, -0.05) is 32.9 Å². The van der Waals surface area contributed by atoms with Crippen LogP contribution in [-0.2, 0) is 16.6 Å². The van der Waals surface area contributed by atoms with Gasteiger partial charge in [-0.2, -0.15) is 0 Å². The number of phenolic OH excluding ortho intramolecular Hbond substituents is 1. The van der Waals surface area contributed by atoms with Crippen LogP contribution >= 0.6 is 0 Å². The highest BCUT2D eigenvalue weighted by atomic mass is 16.5. The van der Waals surface area contributed by atoms with Crippen molar-refractivity contribution in [3.63, 3.8) is 0 Å². The lowest BCUT2D eigenvalue weighted by molar-refractivity contribution is -0.0572. The van der Waals surface area contributed by atoms with Gasteiger partial charge in [0, 0.05) is 25.1 Å². The van der Waals surface area contributed by atoms with Gasteiger partial charge in [-0.05, 0) is 48.9 Å². The third-order valence-electron chi connectivity index (χ3n) is 6.63. The monoisotopic (exact) mass is 303 g/mol. The van der Waals surface area contributed by atoms with Crippen molar-refractivity contribution in [2.75, 3.05) is 20.2 Å². The van der Waals surface area contributed by atoms with Crippen molar-refractivity contribution in [3.8, 4) is 5.75 Å². The number of benzene rings is 1. The van der Waals surface area contributed by atoms with E-state index >= 15 is 0 Å². The van der Waals surface area contributed by atoms with Crippen molar-refractivity contribution in [1.29, 1.82) is 0 Å². The van der Waals surface area contributed by atoms with Crippen LogP contribution in [0.2, 0.25) is 0 Å². The molecule has 0 radical (unpaired) electrons. The van der Waals surface area contributed by atoms with Gasteiger partial charge in [-0.15, -0.1) is 0 Å². The molecule has 1 saturated heterocycles. The summed E-state index contributed by atoms with van der Waals surface area (Å²) >= 11 is 0. The Kier molecular flexibility index (Phi) is 3.77. The smallest absolute Gasteiger partial charge is 0.119 e. The number of hydrogen-bond donors (Lipinski definition) is 1. The number of piperidine rings is 1. The largest absolute Gasteiger partial charge is 0.508 e. The summed E-state index contributed by atoms with van der Waals surface area (Å²) in [6.07, 6.45) is 2.30. The summed E-state index contributed by atoms with van der Waals surface area (Å²) in [6.45, 7) is 11.4. The molecule has 2 aliphatic rings. The van der Waals surface area contributed by atoms with Crippen LogP contribution in [0.3, 0.4) is 0 Å². The lowest BCUT2D eigenvalue weighted by Crippen LogP contribution is -2.64. The van der Waals surface area contributed by atoms with E-state index in [1.54, 1.807) is 7.11 Å². The van der Waals surface area contributed by atoms with Crippen LogP contribution in [0.5, 0.6) is 5.75 Å². The predicted molar refractivity (Wildman–Crippen MR) is 89.4 cm³/mol. The molecule has 122 valence electrons. The van der Waals surface area contributed by atoms with E-state index < -0.39 is 0 Å². The zero-order valence-electron chi connectivity index (χ0n) is 14.5. The molecule has 1 aromatic rings. The van der Waals surface area contributed by atoms with Gasteiger partial charge >= 0.3 is 0 Å². The topological polar surface area (TPSA) is 32.7 Å². The molecule has 1 unspecified atom stereocenters. The van der Waals surface area contributed by atoms with Crippen LogP contribution in [-0.4, -0.2) is 42.4 Å². The second-order valence-corrected chi connectivity index (χ2v) is 7.87. The zero-order chi connectivity index (χ0) is 16.1. The summed E-state index contributed by atoms with van der Waals surface area (Å²) < 4.78 is 5.49. The minimum absolute atomic E-state index is 0.122. The Morgan fingerprint density at radius 3 is 2.77 bits per heavy atom. The third kappa shape index (κ3) is 2.10. The molecule has 2 bridgehead atoms. The summed E-state index contributed by atoms with van der Waals surface area (Å²) in [4.78, 5) is 2.57. The molecule has 1 fully saturated rings. The molecule has 3 atom stereocenters. The molecule has 1 N–H and O–H groups in total. The second kappa shape index (κ2) is 5.24. The Bertz CT molecular complexity index is 569. The normalized spacial score (nSPS) is 31.6. The third-order valence-corrected chi connectivity index (χ3v) is 6.63. The fourth-order valence-corrected chi connectivity index (χ4v) is 4.66. The van der Waals surface area contributed by atoms with Gasteiger partial charge < -0.3 is 9.84 Å². The van der Waals surface area contributed by atoms with Gasteiger partial charge in [0.25, 0.3) is 0 Å². The molecule has 1 aliphatic carbocycles. The maximum Gasteiger partial charge on any atom is 0.119 e. The molecule has 1 aromatic carbocycles. The first-order valence-corrected chi connectivity index (χ1v) is 8.39. The van der Waals surface area contributed by atoms with Crippen LogP contribution in [0.1, 0.15) is 45.2 Å².